The molecule has 0 aliphatic carbocycles. The third-order valence-corrected chi connectivity index (χ3v) is 3.68. The first-order chi connectivity index (χ1) is 11.1. The molecule has 1 aromatic rings. The summed E-state index contributed by atoms with van der Waals surface area (Å²) < 4.78 is 17.7. The van der Waals surface area contributed by atoms with Crippen LogP contribution in [0.5, 0.6) is 0 Å². The van der Waals surface area contributed by atoms with Crippen molar-refractivity contribution >= 4 is 17.7 Å². The van der Waals surface area contributed by atoms with E-state index in [2.05, 4.69) is 10.6 Å². The van der Waals surface area contributed by atoms with Crippen molar-refractivity contribution in [2.24, 2.45) is 0 Å². The second-order valence-corrected chi connectivity index (χ2v) is 5.39. The van der Waals surface area contributed by atoms with Crippen LogP contribution in [0.2, 0.25) is 0 Å². The molecule has 0 saturated carbocycles. The number of rotatable bonds is 5. The van der Waals surface area contributed by atoms with Crippen molar-refractivity contribution in [3.63, 3.8) is 0 Å². The lowest BCUT2D eigenvalue weighted by atomic mass is 10.1. The van der Waals surface area contributed by atoms with E-state index < -0.39 is 0 Å². The first-order valence-corrected chi connectivity index (χ1v) is 7.79. The zero-order valence-corrected chi connectivity index (χ0v) is 13.2. The Balaban J connectivity index is 1.68. The second kappa shape index (κ2) is 8.36. The standard InChI is InChI=1S/C16H22FN3O3/c1-2-23-16(22)20-9-7-14(8-10-20)19-15(21)11-18-13-5-3-12(17)4-6-13/h3-6,14,18H,2,7-11H2,1H3,(H,19,21). The molecule has 23 heavy (non-hydrogen) atoms. The quantitative estimate of drug-likeness (QED) is 0.869. The van der Waals surface area contributed by atoms with Gasteiger partial charge in [-0.3, -0.25) is 4.79 Å². The van der Waals surface area contributed by atoms with Gasteiger partial charge in [0.2, 0.25) is 5.91 Å². The molecule has 0 unspecified atom stereocenters. The molecule has 0 bridgehead atoms. The highest BCUT2D eigenvalue weighted by atomic mass is 19.1. The number of carbonyl (C=O) groups is 2. The normalized spacial score (nSPS) is 15.1. The van der Waals surface area contributed by atoms with E-state index in [1.807, 2.05) is 0 Å². The van der Waals surface area contributed by atoms with E-state index in [-0.39, 0.29) is 30.4 Å². The van der Waals surface area contributed by atoms with E-state index in [1.165, 1.54) is 12.1 Å². The van der Waals surface area contributed by atoms with E-state index in [9.17, 15) is 14.0 Å². The van der Waals surface area contributed by atoms with Gasteiger partial charge in [-0.05, 0) is 44.0 Å². The predicted molar refractivity (Wildman–Crippen MR) is 84.6 cm³/mol. The van der Waals surface area contributed by atoms with Crippen LogP contribution in [0.15, 0.2) is 24.3 Å². The SMILES string of the molecule is CCOC(=O)N1CCC(NC(=O)CNc2ccc(F)cc2)CC1. The van der Waals surface area contributed by atoms with Crippen LogP contribution in [0.25, 0.3) is 0 Å². The van der Waals surface area contributed by atoms with Gasteiger partial charge in [0.15, 0.2) is 0 Å². The van der Waals surface area contributed by atoms with Crippen molar-refractivity contribution < 1.29 is 18.7 Å². The molecule has 1 aromatic carbocycles. The lowest BCUT2D eigenvalue weighted by molar-refractivity contribution is -0.120. The van der Waals surface area contributed by atoms with Crippen molar-refractivity contribution in [3.8, 4) is 0 Å². The molecule has 7 heteroatoms. The minimum atomic E-state index is -0.312. The Kier molecular flexibility index (Phi) is 6.19. The molecule has 1 aliphatic rings. The van der Waals surface area contributed by atoms with Crippen molar-refractivity contribution in [2.45, 2.75) is 25.8 Å². The molecular weight excluding hydrogens is 301 g/mol. The van der Waals surface area contributed by atoms with Crippen LogP contribution >= 0.6 is 0 Å². The average molecular weight is 323 g/mol. The molecule has 0 spiro atoms. The van der Waals surface area contributed by atoms with Crippen molar-refractivity contribution in [1.82, 2.24) is 10.2 Å². The van der Waals surface area contributed by atoms with Gasteiger partial charge >= 0.3 is 6.09 Å². The number of hydrogen-bond donors (Lipinski definition) is 2. The molecule has 2 amide bonds. The van der Waals surface area contributed by atoms with E-state index in [0.29, 0.717) is 38.2 Å². The topological polar surface area (TPSA) is 70.7 Å². The number of ether oxygens (including phenoxy) is 1. The number of carbonyl (C=O) groups excluding carboxylic acids is 2. The summed E-state index contributed by atoms with van der Waals surface area (Å²) in [6.07, 6.45) is 1.12. The Morgan fingerprint density at radius 3 is 2.52 bits per heavy atom. The first-order valence-electron chi connectivity index (χ1n) is 7.79. The fourth-order valence-electron chi connectivity index (χ4n) is 2.45. The molecular formula is C16H22FN3O3. The molecule has 1 saturated heterocycles. The van der Waals surface area contributed by atoms with Gasteiger partial charge in [0.05, 0.1) is 13.2 Å². The largest absolute Gasteiger partial charge is 0.450 e. The Bertz CT molecular complexity index is 528. The monoisotopic (exact) mass is 323 g/mol. The van der Waals surface area contributed by atoms with Gasteiger partial charge in [-0.15, -0.1) is 0 Å². The molecule has 1 heterocycles. The van der Waals surface area contributed by atoms with Crippen molar-refractivity contribution in [1.29, 1.82) is 0 Å². The molecule has 0 aromatic heterocycles. The molecule has 6 nitrogen and oxygen atoms in total. The first kappa shape index (κ1) is 17.1. The number of likely N-dealkylation sites (tertiary alicyclic amines) is 1. The number of halogens is 1. The minimum Gasteiger partial charge on any atom is -0.450 e. The predicted octanol–water partition coefficient (Wildman–Crippen LogP) is 1.97. The second-order valence-electron chi connectivity index (χ2n) is 5.39. The summed E-state index contributed by atoms with van der Waals surface area (Å²) in [6.45, 7) is 3.43. The minimum absolute atomic E-state index is 0.0585. The Hall–Kier alpha value is -2.31. The zero-order chi connectivity index (χ0) is 16.7. The van der Waals surface area contributed by atoms with Crippen molar-refractivity contribution in [3.05, 3.63) is 30.1 Å². The molecule has 0 atom stereocenters. The van der Waals surface area contributed by atoms with E-state index in [4.69, 9.17) is 4.74 Å². The summed E-state index contributed by atoms with van der Waals surface area (Å²) in [5.41, 5.74) is 0.693. The highest BCUT2D eigenvalue weighted by Gasteiger charge is 2.24. The maximum Gasteiger partial charge on any atom is 0.409 e. The summed E-state index contributed by atoms with van der Waals surface area (Å²) in [6, 6.07) is 5.90. The fraction of sp³-hybridized carbons (Fsp3) is 0.500. The fourth-order valence-corrected chi connectivity index (χ4v) is 2.45. The van der Waals surface area contributed by atoms with E-state index in [0.717, 1.165) is 0 Å². The van der Waals surface area contributed by atoms with Gasteiger partial charge in [-0.25, -0.2) is 9.18 Å². The summed E-state index contributed by atoms with van der Waals surface area (Å²) in [5.74, 6) is -0.433. The molecule has 2 N–H and O–H groups in total. The molecule has 1 fully saturated rings. The van der Waals surface area contributed by atoms with Gasteiger partial charge < -0.3 is 20.3 Å². The Labute approximate surface area is 135 Å². The van der Waals surface area contributed by atoms with Crippen molar-refractivity contribution in [2.75, 3.05) is 31.6 Å². The Morgan fingerprint density at radius 2 is 1.91 bits per heavy atom. The highest BCUT2D eigenvalue weighted by Crippen LogP contribution is 2.12. The van der Waals surface area contributed by atoms with Crippen LogP contribution in [0, 0.1) is 5.82 Å². The van der Waals surface area contributed by atoms with Crippen LogP contribution in [0.1, 0.15) is 19.8 Å². The van der Waals surface area contributed by atoms with Crippen LogP contribution in [-0.4, -0.2) is 49.2 Å². The molecule has 1 aliphatic heterocycles. The van der Waals surface area contributed by atoms with Crippen LogP contribution < -0.4 is 10.6 Å². The summed E-state index contributed by atoms with van der Waals surface area (Å²) in [7, 11) is 0. The third-order valence-electron chi connectivity index (χ3n) is 3.68. The number of hydrogen-bond acceptors (Lipinski definition) is 4. The number of nitrogens with zero attached hydrogens (tertiary/aromatic N) is 1. The number of anilines is 1. The highest BCUT2D eigenvalue weighted by molar-refractivity contribution is 5.81. The van der Waals surface area contributed by atoms with Gasteiger partial charge in [0.1, 0.15) is 5.82 Å². The van der Waals surface area contributed by atoms with Crippen LogP contribution in [0.3, 0.4) is 0 Å². The smallest absolute Gasteiger partial charge is 0.409 e. The maximum atomic E-state index is 12.8. The lowest BCUT2D eigenvalue weighted by Crippen LogP contribution is -2.47. The van der Waals surface area contributed by atoms with Gasteiger partial charge in [0, 0.05) is 24.8 Å². The molecule has 0 radical (unpaired) electrons. The average Bonchev–Trinajstić information content (AvgIpc) is 2.55. The zero-order valence-electron chi connectivity index (χ0n) is 13.2. The molecule has 2 rings (SSSR count). The number of amides is 2. The van der Waals surface area contributed by atoms with Crippen LogP contribution in [-0.2, 0) is 9.53 Å². The van der Waals surface area contributed by atoms with Gasteiger partial charge in [-0.1, -0.05) is 0 Å². The third kappa shape index (κ3) is 5.43. The number of benzene rings is 1. The summed E-state index contributed by atoms with van der Waals surface area (Å²) in [4.78, 5) is 25.2. The van der Waals surface area contributed by atoms with Crippen LogP contribution in [0.4, 0.5) is 14.9 Å². The summed E-state index contributed by atoms with van der Waals surface area (Å²) in [5, 5.41) is 5.88. The van der Waals surface area contributed by atoms with E-state index >= 15 is 0 Å². The maximum absolute atomic E-state index is 12.8. The number of nitrogens with one attached hydrogen (secondary N) is 2. The molecule has 126 valence electrons. The van der Waals surface area contributed by atoms with Gasteiger partial charge in [-0.2, -0.15) is 0 Å². The Morgan fingerprint density at radius 1 is 1.26 bits per heavy atom. The number of piperidine rings is 1. The lowest BCUT2D eigenvalue weighted by Gasteiger charge is -2.31. The van der Waals surface area contributed by atoms with Gasteiger partial charge in [0.25, 0.3) is 0 Å². The summed E-state index contributed by atoms with van der Waals surface area (Å²) >= 11 is 0. The van der Waals surface area contributed by atoms with E-state index in [1.54, 1.807) is 24.0 Å².